The van der Waals surface area contributed by atoms with E-state index >= 15 is 0 Å². The molecule has 5 nitrogen and oxygen atoms in total. The zero-order chi connectivity index (χ0) is 23.0. The van der Waals surface area contributed by atoms with Crippen LogP contribution in [-0.2, 0) is 26.2 Å². The quantitative estimate of drug-likeness (QED) is 0.325. The summed E-state index contributed by atoms with van der Waals surface area (Å²) in [7, 11) is 2.99. The second-order valence-electron chi connectivity index (χ2n) is 8.35. The molecule has 0 radical (unpaired) electrons. The Morgan fingerprint density at radius 3 is 2.34 bits per heavy atom. The number of unbranched alkanes of at least 4 members (excludes halogenated alkanes) is 1. The van der Waals surface area contributed by atoms with Gasteiger partial charge >= 0.3 is 5.97 Å². The number of aryl methyl sites for hydroxylation is 1. The van der Waals surface area contributed by atoms with Gasteiger partial charge in [0.2, 0.25) is 5.91 Å². The number of halogens is 1. The van der Waals surface area contributed by atoms with Gasteiger partial charge < -0.3 is 14.4 Å². The fourth-order valence-electron chi connectivity index (χ4n) is 4.13. The molecule has 6 heteroatoms. The second kappa shape index (κ2) is 11.4. The van der Waals surface area contributed by atoms with Crippen LogP contribution in [0.15, 0.2) is 48.5 Å². The van der Waals surface area contributed by atoms with Crippen molar-refractivity contribution in [1.29, 1.82) is 0 Å². The number of methoxy groups -OCH3 is 2. The van der Waals surface area contributed by atoms with Crippen molar-refractivity contribution in [1.82, 2.24) is 4.90 Å². The smallest absolute Gasteiger partial charge is 0.305 e. The average Bonchev–Trinajstić information content (AvgIpc) is 3.62. The van der Waals surface area contributed by atoms with Gasteiger partial charge in [-0.3, -0.25) is 9.59 Å². The lowest BCUT2D eigenvalue weighted by atomic mass is 9.93. The van der Waals surface area contributed by atoms with Crippen molar-refractivity contribution in [3.05, 3.63) is 64.7 Å². The summed E-state index contributed by atoms with van der Waals surface area (Å²) in [6.07, 6.45) is 5.32. The maximum Gasteiger partial charge on any atom is 0.305 e. The van der Waals surface area contributed by atoms with Crippen LogP contribution >= 0.6 is 11.6 Å². The summed E-state index contributed by atoms with van der Waals surface area (Å²) in [5, 5.41) is 0.526. The molecule has 1 amide bonds. The van der Waals surface area contributed by atoms with Crippen molar-refractivity contribution in [3.8, 4) is 5.75 Å². The van der Waals surface area contributed by atoms with E-state index in [2.05, 4.69) is 12.1 Å². The second-order valence-corrected chi connectivity index (χ2v) is 8.75. The number of carbonyl (C=O) groups is 2. The number of hydrogen-bond acceptors (Lipinski definition) is 4. The molecule has 0 heterocycles. The minimum absolute atomic E-state index is 0.157. The number of esters is 1. The Bertz CT molecular complexity index is 911. The molecular weight excluding hydrogens is 426 g/mol. The molecule has 172 valence electrons. The lowest BCUT2D eigenvalue weighted by Gasteiger charge is -2.28. The zero-order valence-corrected chi connectivity index (χ0v) is 19.7. The maximum absolute atomic E-state index is 13.7. The average molecular weight is 458 g/mol. The third-order valence-electron chi connectivity index (χ3n) is 6.17. The van der Waals surface area contributed by atoms with E-state index < -0.39 is 5.41 Å². The Morgan fingerprint density at radius 1 is 1.00 bits per heavy atom. The lowest BCUT2D eigenvalue weighted by Crippen LogP contribution is -2.40. The predicted molar refractivity (Wildman–Crippen MR) is 126 cm³/mol. The van der Waals surface area contributed by atoms with Gasteiger partial charge in [0, 0.05) is 19.5 Å². The molecule has 0 atom stereocenters. The van der Waals surface area contributed by atoms with Gasteiger partial charge in [0.25, 0.3) is 0 Å². The van der Waals surface area contributed by atoms with E-state index in [0.29, 0.717) is 36.7 Å². The standard InChI is InChI=1S/C26H32ClNO4/c1-31-23-14-13-21(19-22(23)27)26(15-16-26)25(30)28(17-7-6-12-24(29)32-2)18-8-11-20-9-4-3-5-10-20/h3-5,9-10,13-14,19H,6-8,11-12,15-18H2,1-2H3. The fraction of sp³-hybridized carbons (Fsp3) is 0.462. The van der Waals surface area contributed by atoms with Gasteiger partial charge in [-0.2, -0.15) is 0 Å². The molecular formula is C26H32ClNO4. The molecule has 0 aromatic heterocycles. The molecule has 3 rings (SSSR count). The molecule has 0 unspecified atom stereocenters. The molecule has 0 bridgehead atoms. The van der Waals surface area contributed by atoms with Crippen LogP contribution in [0.1, 0.15) is 49.7 Å². The van der Waals surface area contributed by atoms with Crippen LogP contribution in [0.5, 0.6) is 5.75 Å². The molecule has 0 saturated heterocycles. The third-order valence-corrected chi connectivity index (χ3v) is 6.47. The normalized spacial score (nSPS) is 14.0. The van der Waals surface area contributed by atoms with Gasteiger partial charge in [-0.25, -0.2) is 0 Å². The Morgan fingerprint density at radius 2 is 1.72 bits per heavy atom. The van der Waals surface area contributed by atoms with Crippen molar-refractivity contribution < 1.29 is 19.1 Å². The van der Waals surface area contributed by atoms with E-state index in [-0.39, 0.29) is 11.9 Å². The SMILES string of the molecule is COC(=O)CCCCN(CCCc1ccccc1)C(=O)C1(c2ccc(OC)c(Cl)c2)CC1. The molecule has 0 spiro atoms. The number of hydrogen-bond donors (Lipinski definition) is 0. The Balaban J connectivity index is 1.68. The maximum atomic E-state index is 13.7. The topological polar surface area (TPSA) is 55.8 Å². The minimum atomic E-state index is -0.495. The van der Waals surface area contributed by atoms with Crippen LogP contribution in [0.3, 0.4) is 0 Å². The number of rotatable bonds is 12. The fourth-order valence-corrected chi connectivity index (χ4v) is 4.38. The number of nitrogens with zero attached hydrogens (tertiary/aromatic N) is 1. The van der Waals surface area contributed by atoms with E-state index in [4.69, 9.17) is 21.1 Å². The van der Waals surface area contributed by atoms with Crippen LogP contribution in [-0.4, -0.2) is 44.1 Å². The largest absolute Gasteiger partial charge is 0.495 e. The molecule has 1 fully saturated rings. The summed E-state index contributed by atoms with van der Waals surface area (Å²) in [4.78, 5) is 27.1. The molecule has 1 aliphatic carbocycles. The van der Waals surface area contributed by atoms with Gasteiger partial charge in [-0.1, -0.05) is 48.0 Å². The van der Waals surface area contributed by atoms with Gasteiger partial charge in [0.15, 0.2) is 0 Å². The summed E-state index contributed by atoms with van der Waals surface area (Å²) in [5.74, 6) is 0.560. The van der Waals surface area contributed by atoms with Crippen molar-refractivity contribution >= 4 is 23.5 Å². The van der Waals surface area contributed by atoms with Crippen molar-refractivity contribution in [2.75, 3.05) is 27.3 Å². The first-order chi connectivity index (χ1) is 15.5. The number of ether oxygens (including phenoxy) is 2. The third kappa shape index (κ3) is 6.04. The van der Waals surface area contributed by atoms with Crippen LogP contribution in [0, 0.1) is 0 Å². The van der Waals surface area contributed by atoms with E-state index in [1.807, 2.05) is 41.3 Å². The van der Waals surface area contributed by atoms with Crippen molar-refractivity contribution in [2.24, 2.45) is 0 Å². The highest BCUT2D eigenvalue weighted by Gasteiger charge is 2.53. The summed E-state index contributed by atoms with van der Waals surface area (Å²) in [5.41, 5.74) is 1.73. The Labute approximate surface area is 195 Å². The van der Waals surface area contributed by atoms with E-state index in [1.54, 1.807) is 7.11 Å². The summed E-state index contributed by atoms with van der Waals surface area (Å²) < 4.78 is 9.99. The van der Waals surface area contributed by atoms with Crippen molar-refractivity contribution in [3.63, 3.8) is 0 Å². The van der Waals surface area contributed by atoms with Crippen LogP contribution < -0.4 is 4.74 Å². The van der Waals surface area contributed by atoms with Crippen LogP contribution in [0.4, 0.5) is 0 Å². The molecule has 1 saturated carbocycles. The van der Waals surface area contributed by atoms with Crippen LogP contribution in [0.2, 0.25) is 5.02 Å². The van der Waals surface area contributed by atoms with Gasteiger partial charge in [-0.15, -0.1) is 0 Å². The summed E-state index contributed by atoms with van der Waals surface area (Å²) in [6, 6.07) is 16.0. The van der Waals surface area contributed by atoms with E-state index in [9.17, 15) is 9.59 Å². The molecule has 32 heavy (non-hydrogen) atoms. The first kappa shape index (κ1) is 24.1. The van der Waals surface area contributed by atoms with Gasteiger partial charge in [0.05, 0.1) is 24.7 Å². The Kier molecular flexibility index (Phi) is 8.57. The van der Waals surface area contributed by atoms with Crippen LogP contribution in [0.25, 0.3) is 0 Å². The van der Waals surface area contributed by atoms with Crippen molar-refractivity contribution in [2.45, 2.75) is 50.4 Å². The lowest BCUT2D eigenvalue weighted by molar-refractivity contribution is -0.140. The highest BCUT2D eigenvalue weighted by Crippen LogP contribution is 2.50. The zero-order valence-electron chi connectivity index (χ0n) is 18.9. The molecule has 0 N–H and O–H groups in total. The van der Waals surface area contributed by atoms with E-state index in [1.165, 1.54) is 12.7 Å². The number of carbonyl (C=O) groups excluding carboxylic acids is 2. The molecule has 2 aromatic carbocycles. The van der Waals surface area contributed by atoms with Gasteiger partial charge in [-0.05, 0) is 61.8 Å². The highest BCUT2D eigenvalue weighted by atomic mass is 35.5. The van der Waals surface area contributed by atoms with E-state index in [0.717, 1.165) is 37.7 Å². The first-order valence-electron chi connectivity index (χ1n) is 11.2. The molecule has 2 aromatic rings. The summed E-state index contributed by atoms with van der Waals surface area (Å²) >= 11 is 6.35. The minimum Gasteiger partial charge on any atom is -0.495 e. The molecule has 1 aliphatic rings. The number of benzene rings is 2. The monoisotopic (exact) mass is 457 g/mol. The summed E-state index contributed by atoms with van der Waals surface area (Å²) in [6.45, 7) is 1.33. The first-order valence-corrected chi connectivity index (χ1v) is 11.6. The predicted octanol–water partition coefficient (Wildman–Crippen LogP) is 5.18. The highest BCUT2D eigenvalue weighted by molar-refractivity contribution is 6.32. The van der Waals surface area contributed by atoms with Gasteiger partial charge in [0.1, 0.15) is 5.75 Å². The number of amides is 1. The molecule has 0 aliphatic heterocycles. The Hall–Kier alpha value is -2.53.